The van der Waals surface area contributed by atoms with E-state index in [9.17, 15) is 4.79 Å². The zero-order valence-corrected chi connectivity index (χ0v) is 11.5. The predicted molar refractivity (Wildman–Crippen MR) is 66.9 cm³/mol. The minimum atomic E-state index is -0.00278. The van der Waals surface area contributed by atoms with E-state index < -0.39 is 0 Å². The van der Waals surface area contributed by atoms with Crippen LogP contribution in [0.2, 0.25) is 0 Å². The lowest BCUT2D eigenvalue weighted by Crippen LogP contribution is -2.34. The Bertz CT molecular complexity index is 393. The Balaban J connectivity index is 2.17. The molecule has 1 aliphatic carbocycles. The van der Waals surface area contributed by atoms with Gasteiger partial charge in [0.05, 0.1) is 0 Å². The average Bonchev–Trinajstić information content (AvgIpc) is 2.81. The van der Waals surface area contributed by atoms with Gasteiger partial charge in [-0.1, -0.05) is 31.9 Å². The maximum atomic E-state index is 11.9. The van der Waals surface area contributed by atoms with Crippen LogP contribution in [0.25, 0.3) is 0 Å². The number of nitrogens with one attached hydrogen (secondary N) is 1. The zero-order chi connectivity index (χ0) is 11.1. The van der Waals surface area contributed by atoms with Gasteiger partial charge < -0.3 is 5.32 Å². The van der Waals surface area contributed by atoms with Crippen LogP contribution in [-0.4, -0.2) is 11.4 Å². The number of benzene rings is 1. The van der Waals surface area contributed by atoms with Crippen LogP contribution in [0.15, 0.2) is 27.1 Å². The molecule has 2 rings (SSSR count). The summed E-state index contributed by atoms with van der Waals surface area (Å²) in [6, 6.07) is 5.56. The molecule has 4 heteroatoms. The van der Waals surface area contributed by atoms with Crippen LogP contribution >= 0.6 is 31.9 Å². The fraction of sp³-hybridized carbons (Fsp3) is 0.364. The van der Waals surface area contributed by atoms with Crippen LogP contribution in [0, 0.1) is 0 Å². The van der Waals surface area contributed by atoms with Gasteiger partial charge in [0, 0.05) is 20.0 Å². The number of halogens is 2. The van der Waals surface area contributed by atoms with E-state index in [1.807, 2.05) is 18.2 Å². The summed E-state index contributed by atoms with van der Waals surface area (Å²) in [5.74, 6) is -0.00278. The topological polar surface area (TPSA) is 29.1 Å². The Hall–Kier alpha value is -0.350. The minimum Gasteiger partial charge on any atom is -0.347 e. The Morgan fingerprint density at radius 3 is 2.27 bits per heavy atom. The Morgan fingerprint density at radius 2 is 1.80 bits per heavy atom. The van der Waals surface area contributed by atoms with Gasteiger partial charge in [0.2, 0.25) is 0 Å². The van der Waals surface area contributed by atoms with Crippen LogP contribution in [0.5, 0.6) is 0 Å². The van der Waals surface area contributed by atoms with Crippen LogP contribution in [0.1, 0.15) is 30.1 Å². The van der Waals surface area contributed by atoms with Crippen LogP contribution in [0.3, 0.4) is 0 Å². The molecule has 0 atom stereocenters. The van der Waals surface area contributed by atoms with Gasteiger partial charge in [-0.2, -0.15) is 0 Å². The smallest absolute Gasteiger partial charge is 0.251 e. The van der Waals surface area contributed by atoms with Crippen molar-refractivity contribution in [3.8, 4) is 0 Å². The number of hydrogen-bond acceptors (Lipinski definition) is 1. The van der Waals surface area contributed by atoms with E-state index in [0.29, 0.717) is 5.56 Å². The number of amides is 1. The number of hydrogen-bond donors (Lipinski definition) is 1. The van der Waals surface area contributed by atoms with Gasteiger partial charge in [0.15, 0.2) is 0 Å². The second-order valence-corrected chi connectivity index (χ2v) is 6.00. The average molecular weight is 333 g/mol. The molecule has 1 N–H and O–H groups in total. The molecule has 2 nitrogen and oxygen atoms in total. The molecule has 1 saturated carbocycles. The molecule has 0 spiro atoms. The highest BCUT2D eigenvalue weighted by Crippen LogP contribution is 2.34. The predicted octanol–water partition coefficient (Wildman–Crippen LogP) is 3.49. The summed E-state index contributed by atoms with van der Waals surface area (Å²) in [4.78, 5) is 11.9. The first-order valence-corrected chi connectivity index (χ1v) is 6.36. The third kappa shape index (κ3) is 2.82. The van der Waals surface area contributed by atoms with Crippen molar-refractivity contribution in [2.24, 2.45) is 0 Å². The van der Waals surface area contributed by atoms with Crippen molar-refractivity contribution >= 4 is 37.8 Å². The van der Waals surface area contributed by atoms with Crippen LogP contribution < -0.4 is 5.32 Å². The molecule has 0 unspecified atom stereocenters. The Labute approximate surface area is 106 Å². The molecular weight excluding hydrogens is 322 g/mol. The van der Waals surface area contributed by atoms with Crippen LogP contribution in [0.4, 0.5) is 0 Å². The molecule has 0 aromatic heterocycles. The molecule has 0 heterocycles. The van der Waals surface area contributed by atoms with E-state index >= 15 is 0 Å². The maximum Gasteiger partial charge on any atom is 0.251 e. The summed E-state index contributed by atoms with van der Waals surface area (Å²) in [6.07, 6.45) is 2.15. The molecule has 15 heavy (non-hydrogen) atoms. The van der Waals surface area contributed by atoms with Crippen molar-refractivity contribution in [1.29, 1.82) is 0 Å². The fourth-order valence-corrected chi connectivity index (χ4v) is 2.64. The molecule has 1 fully saturated rings. The summed E-state index contributed by atoms with van der Waals surface area (Å²) < 4.78 is 1.81. The first-order valence-electron chi connectivity index (χ1n) is 4.77. The van der Waals surface area contributed by atoms with E-state index in [1.54, 1.807) is 0 Å². The van der Waals surface area contributed by atoms with Gasteiger partial charge in [-0.3, -0.25) is 4.79 Å². The van der Waals surface area contributed by atoms with E-state index in [0.717, 1.165) is 21.8 Å². The van der Waals surface area contributed by atoms with Crippen molar-refractivity contribution in [1.82, 2.24) is 5.32 Å². The standard InChI is InChI=1S/C11H11Br2NO/c1-11(2-3-11)14-10(15)7-4-8(12)6-9(13)5-7/h4-6H,2-3H2,1H3,(H,14,15). The Kier molecular flexibility index (Phi) is 2.90. The third-order valence-corrected chi connectivity index (χ3v) is 3.46. The number of carbonyl (C=O) groups is 1. The first-order chi connectivity index (χ1) is 6.98. The lowest BCUT2D eigenvalue weighted by atomic mass is 10.2. The molecule has 1 aliphatic rings. The van der Waals surface area contributed by atoms with E-state index in [1.165, 1.54) is 0 Å². The molecule has 0 saturated heterocycles. The fourth-order valence-electron chi connectivity index (χ4n) is 1.34. The second kappa shape index (κ2) is 3.91. The van der Waals surface area contributed by atoms with Crippen LogP contribution in [-0.2, 0) is 0 Å². The number of rotatable bonds is 2. The summed E-state index contributed by atoms with van der Waals surface area (Å²) in [5, 5.41) is 3.02. The number of carbonyl (C=O) groups excluding carboxylic acids is 1. The molecule has 1 amide bonds. The molecule has 0 radical (unpaired) electrons. The van der Waals surface area contributed by atoms with E-state index in [-0.39, 0.29) is 11.4 Å². The molecular formula is C11H11Br2NO. The van der Waals surface area contributed by atoms with Crippen molar-refractivity contribution < 1.29 is 4.79 Å². The normalized spacial score (nSPS) is 17.3. The van der Waals surface area contributed by atoms with Crippen molar-refractivity contribution in [2.75, 3.05) is 0 Å². The highest BCUT2D eigenvalue weighted by molar-refractivity contribution is 9.11. The highest BCUT2D eigenvalue weighted by Gasteiger charge is 2.38. The summed E-state index contributed by atoms with van der Waals surface area (Å²) >= 11 is 6.73. The third-order valence-electron chi connectivity index (χ3n) is 2.54. The quantitative estimate of drug-likeness (QED) is 0.882. The molecule has 0 aliphatic heterocycles. The molecule has 80 valence electrons. The zero-order valence-electron chi connectivity index (χ0n) is 8.31. The lowest BCUT2D eigenvalue weighted by molar-refractivity contribution is 0.0935. The molecule has 1 aromatic carbocycles. The van der Waals surface area contributed by atoms with Gasteiger partial charge in [0.1, 0.15) is 0 Å². The monoisotopic (exact) mass is 331 g/mol. The van der Waals surface area contributed by atoms with Gasteiger partial charge in [0.25, 0.3) is 5.91 Å². The molecule has 1 aromatic rings. The second-order valence-electron chi connectivity index (χ2n) is 4.17. The van der Waals surface area contributed by atoms with E-state index in [2.05, 4.69) is 44.1 Å². The molecule has 0 bridgehead atoms. The highest BCUT2D eigenvalue weighted by atomic mass is 79.9. The largest absolute Gasteiger partial charge is 0.347 e. The van der Waals surface area contributed by atoms with Crippen molar-refractivity contribution in [2.45, 2.75) is 25.3 Å². The summed E-state index contributed by atoms with van der Waals surface area (Å²) in [6.45, 7) is 2.07. The first kappa shape index (κ1) is 11.1. The minimum absolute atomic E-state index is 0.00278. The SMILES string of the molecule is CC1(NC(=O)c2cc(Br)cc(Br)c2)CC1. The summed E-state index contributed by atoms with van der Waals surface area (Å²) in [7, 11) is 0. The van der Waals surface area contributed by atoms with Crippen molar-refractivity contribution in [3.63, 3.8) is 0 Å². The van der Waals surface area contributed by atoms with E-state index in [4.69, 9.17) is 0 Å². The maximum absolute atomic E-state index is 11.9. The Morgan fingerprint density at radius 1 is 1.27 bits per heavy atom. The van der Waals surface area contributed by atoms with Gasteiger partial charge in [-0.15, -0.1) is 0 Å². The van der Waals surface area contributed by atoms with Gasteiger partial charge in [-0.05, 0) is 38.0 Å². The lowest BCUT2D eigenvalue weighted by Gasteiger charge is -2.11. The van der Waals surface area contributed by atoms with Gasteiger partial charge >= 0.3 is 0 Å². The summed E-state index contributed by atoms with van der Waals surface area (Å²) in [5.41, 5.74) is 0.718. The van der Waals surface area contributed by atoms with Crippen molar-refractivity contribution in [3.05, 3.63) is 32.7 Å². The van der Waals surface area contributed by atoms with Gasteiger partial charge in [-0.25, -0.2) is 0 Å².